The Morgan fingerprint density at radius 2 is 1.83 bits per heavy atom. The number of rotatable bonds is 7. The van der Waals surface area contributed by atoms with Crippen LogP contribution in [0.1, 0.15) is 69.7 Å². The SMILES string of the molecule is Cc1cc2nc(C)c(CCC(=O)OCC(=O)c3cc(C)n(C4CC4)c3C)c(C)n2n1. The lowest BCUT2D eigenvalue weighted by Gasteiger charge is -2.11. The molecule has 0 unspecified atom stereocenters. The molecule has 7 nitrogen and oxygen atoms in total. The monoisotopic (exact) mass is 408 g/mol. The molecule has 0 radical (unpaired) electrons. The predicted octanol–water partition coefficient (Wildman–Crippen LogP) is 3.77. The van der Waals surface area contributed by atoms with E-state index < -0.39 is 0 Å². The van der Waals surface area contributed by atoms with Gasteiger partial charge in [-0.2, -0.15) is 5.10 Å². The smallest absolute Gasteiger partial charge is 0.306 e. The van der Waals surface area contributed by atoms with E-state index in [-0.39, 0.29) is 24.8 Å². The van der Waals surface area contributed by atoms with E-state index >= 15 is 0 Å². The van der Waals surface area contributed by atoms with E-state index in [1.165, 1.54) is 0 Å². The van der Waals surface area contributed by atoms with Gasteiger partial charge in [-0.15, -0.1) is 0 Å². The molecule has 4 rings (SSSR count). The molecule has 0 atom stereocenters. The number of aromatic nitrogens is 4. The van der Waals surface area contributed by atoms with Crippen LogP contribution in [0.5, 0.6) is 0 Å². The van der Waals surface area contributed by atoms with E-state index in [0.29, 0.717) is 18.0 Å². The second-order valence-corrected chi connectivity index (χ2v) is 8.29. The van der Waals surface area contributed by atoms with Crippen molar-refractivity contribution in [2.24, 2.45) is 0 Å². The van der Waals surface area contributed by atoms with Crippen molar-refractivity contribution < 1.29 is 14.3 Å². The molecule has 3 aromatic heterocycles. The number of fused-ring (bicyclic) bond motifs is 1. The molecule has 30 heavy (non-hydrogen) atoms. The molecule has 0 spiro atoms. The summed E-state index contributed by atoms with van der Waals surface area (Å²) >= 11 is 0. The van der Waals surface area contributed by atoms with Crippen LogP contribution in [0, 0.1) is 34.6 Å². The van der Waals surface area contributed by atoms with Crippen LogP contribution in [0.25, 0.3) is 5.65 Å². The Bertz CT molecular complexity index is 1150. The molecule has 158 valence electrons. The Labute approximate surface area is 176 Å². The summed E-state index contributed by atoms with van der Waals surface area (Å²) in [5.74, 6) is -0.527. The number of nitrogens with zero attached hydrogens (tertiary/aromatic N) is 4. The van der Waals surface area contributed by atoms with Crippen LogP contribution in [-0.4, -0.2) is 37.5 Å². The van der Waals surface area contributed by atoms with Crippen molar-refractivity contribution in [3.63, 3.8) is 0 Å². The normalized spacial score (nSPS) is 13.8. The molecule has 0 aliphatic heterocycles. The van der Waals surface area contributed by atoms with Gasteiger partial charge < -0.3 is 9.30 Å². The van der Waals surface area contributed by atoms with Gasteiger partial charge in [-0.3, -0.25) is 9.59 Å². The second kappa shape index (κ2) is 7.70. The van der Waals surface area contributed by atoms with Gasteiger partial charge >= 0.3 is 5.97 Å². The Morgan fingerprint density at radius 1 is 1.10 bits per heavy atom. The van der Waals surface area contributed by atoms with Gasteiger partial charge in [-0.1, -0.05) is 0 Å². The molecule has 3 heterocycles. The first-order valence-electron chi connectivity index (χ1n) is 10.5. The zero-order valence-corrected chi connectivity index (χ0v) is 18.3. The molecule has 0 N–H and O–H groups in total. The van der Waals surface area contributed by atoms with Gasteiger partial charge in [0.15, 0.2) is 12.3 Å². The standard InChI is InChI=1S/C23H28N4O3/c1-13-10-22-24-15(3)19(17(5)27(22)25-13)8-9-23(29)30-12-21(28)20-11-14(2)26(16(20)4)18-6-7-18/h10-11,18H,6-9,12H2,1-5H3. The third-order valence-electron chi connectivity index (χ3n) is 5.93. The van der Waals surface area contributed by atoms with E-state index in [4.69, 9.17) is 4.74 Å². The van der Waals surface area contributed by atoms with Crippen molar-refractivity contribution in [3.05, 3.63) is 51.7 Å². The number of ketones is 1. The minimum absolute atomic E-state index is 0.147. The number of aryl methyl sites for hydroxylation is 4. The van der Waals surface area contributed by atoms with Crippen molar-refractivity contribution >= 4 is 17.4 Å². The molecule has 0 bridgehead atoms. The van der Waals surface area contributed by atoms with Crippen molar-refractivity contribution in [1.82, 2.24) is 19.2 Å². The van der Waals surface area contributed by atoms with Crippen LogP contribution in [0.15, 0.2) is 12.1 Å². The third kappa shape index (κ3) is 3.76. The number of hydrogen-bond acceptors (Lipinski definition) is 5. The molecule has 1 aliphatic rings. The summed E-state index contributed by atoms with van der Waals surface area (Å²) < 4.78 is 9.32. The minimum atomic E-state index is -0.380. The minimum Gasteiger partial charge on any atom is -0.457 e. The molecule has 1 aliphatic carbocycles. The summed E-state index contributed by atoms with van der Waals surface area (Å²) in [5.41, 5.74) is 7.27. The van der Waals surface area contributed by atoms with E-state index in [0.717, 1.165) is 52.5 Å². The van der Waals surface area contributed by atoms with E-state index in [2.05, 4.69) is 14.6 Å². The Hall–Kier alpha value is -2.96. The summed E-state index contributed by atoms with van der Waals surface area (Å²) in [5, 5.41) is 4.46. The fourth-order valence-corrected chi connectivity index (χ4v) is 4.28. The van der Waals surface area contributed by atoms with Gasteiger partial charge in [-0.05, 0) is 65.5 Å². The maximum Gasteiger partial charge on any atom is 0.306 e. The van der Waals surface area contributed by atoms with Crippen molar-refractivity contribution in [2.45, 2.75) is 66.3 Å². The quantitative estimate of drug-likeness (QED) is 0.439. The van der Waals surface area contributed by atoms with Gasteiger partial charge in [0.25, 0.3) is 0 Å². The largest absolute Gasteiger partial charge is 0.457 e. The maximum absolute atomic E-state index is 12.6. The van der Waals surface area contributed by atoms with E-state index in [9.17, 15) is 9.59 Å². The zero-order valence-electron chi connectivity index (χ0n) is 18.3. The van der Waals surface area contributed by atoms with E-state index in [1.807, 2.05) is 51.3 Å². The molecule has 0 amide bonds. The number of esters is 1. The zero-order chi connectivity index (χ0) is 21.6. The molecule has 3 aromatic rings. The lowest BCUT2D eigenvalue weighted by Crippen LogP contribution is -2.16. The first-order chi connectivity index (χ1) is 14.3. The van der Waals surface area contributed by atoms with Gasteiger partial charge in [0, 0.05) is 46.9 Å². The van der Waals surface area contributed by atoms with Crippen LogP contribution < -0.4 is 0 Å². The molecule has 0 aromatic carbocycles. The highest BCUT2D eigenvalue weighted by Crippen LogP contribution is 2.38. The van der Waals surface area contributed by atoms with Crippen molar-refractivity contribution in [1.29, 1.82) is 0 Å². The van der Waals surface area contributed by atoms with Gasteiger partial charge in [0.05, 0.1) is 5.69 Å². The average Bonchev–Trinajstić information content (AvgIpc) is 3.37. The lowest BCUT2D eigenvalue weighted by molar-refractivity contribution is -0.142. The molecule has 7 heteroatoms. The summed E-state index contributed by atoms with van der Waals surface area (Å²) in [4.78, 5) is 29.5. The van der Waals surface area contributed by atoms with Crippen LogP contribution >= 0.6 is 0 Å². The summed E-state index contributed by atoms with van der Waals surface area (Å²) in [6.45, 7) is 9.61. The molecular formula is C23H28N4O3. The molecule has 1 fully saturated rings. The first-order valence-corrected chi connectivity index (χ1v) is 10.5. The van der Waals surface area contributed by atoms with Crippen molar-refractivity contribution in [2.75, 3.05) is 6.61 Å². The third-order valence-corrected chi connectivity index (χ3v) is 5.93. The number of carbonyl (C=O) groups excluding carboxylic acids is 2. The average molecular weight is 409 g/mol. The summed E-state index contributed by atoms with van der Waals surface area (Å²) in [6.07, 6.45) is 3.03. The maximum atomic E-state index is 12.6. The van der Waals surface area contributed by atoms with E-state index in [1.54, 1.807) is 0 Å². The number of carbonyl (C=O) groups is 2. The van der Waals surface area contributed by atoms with Crippen LogP contribution in [0.2, 0.25) is 0 Å². The highest BCUT2D eigenvalue weighted by molar-refractivity contribution is 5.99. The van der Waals surface area contributed by atoms with Gasteiger partial charge in [-0.25, -0.2) is 9.50 Å². The van der Waals surface area contributed by atoms with Crippen LogP contribution in [-0.2, 0) is 16.0 Å². The summed E-state index contributed by atoms with van der Waals surface area (Å²) in [6, 6.07) is 4.36. The Balaban J connectivity index is 1.37. The number of hydrogen-bond donors (Lipinski definition) is 0. The fourth-order valence-electron chi connectivity index (χ4n) is 4.28. The molecular weight excluding hydrogens is 380 g/mol. The Kier molecular flexibility index (Phi) is 5.22. The lowest BCUT2D eigenvalue weighted by atomic mass is 10.1. The van der Waals surface area contributed by atoms with Crippen molar-refractivity contribution in [3.8, 4) is 0 Å². The first kappa shape index (κ1) is 20.3. The van der Waals surface area contributed by atoms with Crippen LogP contribution in [0.3, 0.4) is 0 Å². The number of Topliss-reactive ketones (excluding diaryl/α,β-unsaturated/α-hetero) is 1. The summed E-state index contributed by atoms with van der Waals surface area (Å²) in [7, 11) is 0. The molecule has 1 saturated carbocycles. The molecule has 0 saturated heterocycles. The van der Waals surface area contributed by atoms with Crippen LogP contribution in [0.4, 0.5) is 0 Å². The predicted molar refractivity (Wildman–Crippen MR) is 113 cm³/mol. The fraction of sp³-hybridized carbons (Fsp3) is 0.478. The highest BCUT2D eigenvalue weighted by Gasteiger charge is 2.28. The second-order valence-electron chi connectivity index (χ2n) is 8.29. The number of ether oxygens (including phenoxy) is 1. The topological polar surface area (TPSA) is 78.5 Å². The Morgan fingerprint density at radius 3 is 2.53 bits per heavy atom. The van der Waals surface area contributed by atoms with Gasteiger partial charge in [0.1, 0.15) is 0 Å². The highest BCUT2D eigenvalue weighted by atomic mass is 16.5. The van der Waals surface area contributed by atoms with Gasteiger partial charge in [0.2, 0.25) is 5.78 Å².